The monoisotopic (exact) mass is 217 g/mol. The van der Waals surface area contributed by atoms with Crippen LogP contribution in [0.15, 0.2) is 48.6 Å². The van der Waals surface area contributed by atoms with E-state index in [1.807, 2.05) is 58.0 Å². The van der Waals surface area contributed by atoms with Crippen LogP contribution in [-0.4, -0.2) is 6.21 Å². The third-order valence-electron chi connectivity index (χ3n) is 1.53. The van der Waals surface area contributed by atoms with E-state index in [2.05, 4.69) is 18.2 Å². The molecule has 0 radical (unpaired) electrons. The van der Waals surface area contributed by atoms with Crippen molar-refractivity contribution in [1.82, 2.24) is 0 Å². The van der Waals surface area contributed by atoms with Crippen molar-refractivity contribution in [3.63, 3.8) is 0 Å². The Balaban J connectivity index is 0. The molecule has 0 aromatic heterocycles. The van der Waals surface area contributed by atoms with Gasteiger partial charge in [-0.3, -0.25) is 4.99 Å². The SMILES string of the molecule is C=CN=Cc1ccccc1C=C.CC.CC. The largest absolute Gasteiger partial charge is 0.265 e. The molecule has 0 aliphatic heterocycles. The third kappa shape index (κ3) is 6.77. The molecule has 1 nitrogen and oxygen atoms in total. The smallest absolute Gasteiger partial charge is 0.0346 e. The molecule has 0 bridgehead atoms. The Kier molecular flexibility index (Phi) is 14.0. The zero-order valence-electron chi connectivity index (χ0n) is 10.9. The summed E-state index contributed by atoms with van der Waals surface area (Å²) >= 11 is 0. The Bertz CT molecular complexity index is 311. The second kappa shape index (κ2) is 13.4. The van der Waals surface area contributed by atoms with Crippen molar-refractivity contribution in [3.8, 4) is 0 Å². The van der Waals surface area contributed by atoms with Gasteiger partial charge in [0.1, 0.15) is 0 Å². The van der Waals surface area contributed by atoms with Gasteiger partial charge in [-0.05, 0) is 11.1 Å². The molecular weight excluding hydrogens is 194 g/mol. The molecular formula is C15H23N. The van der Waals surface area contributed by atoms with Crippen LogP contribution in [-0.2, 0) is 0 Å². The van der Waals surface area contributed by atoms with Crippen molar-refractivity contribution in [2.75, 3.05) is 0 Å². The van der Waals surface area contributed by atoms with E-state index in [4.69, 9.17) is 0 Å². The number of aliphatic imine (C=N–C) groups is 1. The second-order valence-corrected chi connectivity index (χ2v) is 2.29. The lowest BCUT2D eigenvalue weighted by Gasteiger charge is -1.96. The maximum Gasteiger partial charge on any atom is 0.0346 e. The number of benzene rings is 1. The second-order valence-electron chi connectivity index (χ2n) is 2.29. The van der Waals surface area contributed by atoms with Crippen LogP contribution >= 0.6 is 0 Å². The number of nitrogens with zero attached hydrogens (tertiary/aromatic N) is 1. The number of rotatable bonds is 3. The van der Waals surface area contributed by atoms with Gasteiger partial charge in [-0.1, -0.05) is 71.2 Å². The van der Waals surface area contributed by atoms with Gasteiger partial charge in [0.15, 0.2) is 0 Å². The van der Waals surface area contributed by atoms with E-state index in [0.29, 0.717) is 0 Å². The molecule has 0 heterocycles. The maximum absolute atomic E-state index is 3.94. The van der Waals surface area contributed by atoms with Crippen LogP contribution in [0.5, 0.6) is 0 Å². The minimum atomic E-state index is 1.06. The first-order valence-corrected chi connectivity index (χ1v) is 5.74. The molecule has 88 valence electrons. The van der Waals surface area contributed by atoms with Crippen molar-refractivity contribution in [1.29, 1.82) is 0 Å². The fraction of sp³-hybridized carbons (Fsp3) is 0.267. The molecule has 1 rings (SSSR count). The van der Waals surface area contributed by atoms with Gasteiger partial charge in [0, 0.05) is 12.4 Å². The summed E-state index contributed by atoms with van der Waals surface area (Å²) in [7, 11) is 0. The van der Waals surface area contributed by atoms with Gasteiger partial charge in [0.05, 0.1) is 0 Å². The minimum Gasteiger partial charge on any atom is -0.265 e. The Morgan fingerprint density at radius 1 is 0.938 bits per heavy atom. The molecule has 0 aliphatic carbocycles. The average molecular weight is 217 g/mol. The highest BCUT2D eigenvalue weighted by Crippen LogP contribution is 2.06. The quantitative estimate of drug-likeness (QED) is 0.636. The lowest BCUT2D eigenvalue weighted by molar-refractivity contribution is 1.50. The van der Waals surface area contributed by atoms with Gasteiger partial charge in [0.25, 0.3) is 0 Å². The highest BCUT2D eigenvalue weighted by molar-refractivity contribution is 5.85. The maximum atomic E-state index is 3.94. The number of hydrogen-bond donors (Lipinski definition) is 0. The summed E-state index contributed by atoms with van der Waals surface area (Å²) in [5, 5.41) is 0. The lowest BCUT2D eigenvalue weighted by Crippen LogP contribution is -1.84. The van der Waals surface area contributed by atoms with E-state index in [-0.39, 0.29) is 0 Å². The van der Waals surface area contributed by atoms with Crippen molar-refractivity contribution < 1.29 is 0 Å². The van der Waals surface area contributed by atoms with Crippen LogP contribution < -0.4 is 0 Å². The normalized spacial score (nSPS) is 8.25. The molecule has 0 saturated carbocycles. The summed E-state index contributed by atoms with van der Waals surface area (Å²) < 4.78 is 0. The van der Waals surface area contributed by atoms with Gasteiger partial charge >= 0.3 is 0 Å². The Labute approximate surface area is 100 Å². The molecule has 0 aliphatic rings. The lowest BCUT2D eigenvalue weighted by atomic mass is 10.1. The van der Waals surface area contributed by atoms with E-state index in [0.717, 1.165) is 11.1 Å². The van der Waals surface area contributed by atoms with Gasteiger partial charge in [0.2, 0.25) is 0 Å². The topological polar surface area (TPSA) is 12.4 Å². The van der Waals surface area contributed by atoms with Crippen molar-refractivity contribution in [2.45, 2.75) is 27.7 Å². The predicted octanol–water partition coefficient (Wildman–Crippen LogP) is 4.94. The summed E-state index contributed by atoms with van der Waals surface area (Å²) in [6.07, 6.45) is 5.09. The van der Waals surface area contributed by atoms with Gasteiger partial charge in [-0.15, -0.1) is 0 Å². The molecule has 0 saturated heterocycles. The first kappa shape index (κ1) is 16.8. The van der Waals surface area contributed by atoms with Crippen molar-refractivity contribution in [2.24, 2.45) is 4.99 Å². The van der Waals surface area contributed by atoms with Crippen LogP contribution in [0, 0.1) is 0 Å². The molecule has 0 unspecified atom stereocenters. The molecule has 0 atom stereocenters. The first-order chi connectivity index (χ1) is 7.88. The van der Waals surface area contributed by atoms with Crippen LogP contribution in [0.25, 0.3) is 6.08 Å². The zero-order valence-corrected chi connectivity index (χ0v) is 10.9. The zero-order chi connectivity index (χ0) is 12.8. The molecule has 0 fully saturated rings. The fourth-order valence-electron chi connectivity index (χ4n) is 0.947. The van der Waals surface area contributed by atoms with Gasteiger partial charge in [-0.2, -0.15) is 0 Å². The van der Waals surface area contributed by atoms with E-state index in [1.165, 1.54) is 6.20 Å². The summed E-state index contributed by atoms with van der Waals surface area (Å²) in [5.41, 5.74) is 2.15. The van der Waals surface area contributed by atoms with Crippen LogP contribution in [0.3, 0.4) is 0 Å². The van der Waals surface area contributed by atoms with Gasteiger partial charge < -0.3 is 0 Å². The Morgan fingerprint density at radius 2 is 1.44 bits per heavy atom. The summed E-state index contributed by atoms with van der Waals surface area (Å²) in [6.45, 7) is 15.2. The Morgan fingerprint density at radius 3 is 1.88 bits per heavy atom. The standard InChI is InChI=1S/C11H11N.2C2H6/c1-3-10-7-5-6-8-11(10)9-12-4-2;2*1-2/h3-9H,1-2H2;2*1-2H3. The first-order valence-electron chi connectivity index (χ1n) is 5.74. The van der Waals surface area contributed by atoms with E-state index in [1.54, 1.807) is 6.21 Å². The molecule has 1 aromatic carbocycles. The summed E-state index contributed by atoms with van der Waals surface area (Å²) in [6, 6.07) is 7.93. The summed E-state index contributed by atoms with van der Waals surface area (Å²) in [5.74, 6) is 0. The molecule has 1 heteroatoms. The molecule has 0 spiro atoms. The highest BCUT2D eigenvalue weighted by Gasteiger charge is 1.91. The van der Waals surface area contributed by atoms with Crippen LogP contribution in [0.2, 0.25) is 0 Å². The number of hydrogen-bond acceptors (Lipinski definition) is 1. The average Bonchev–Trinajstić information content (AvgIpc) is 2.41. The molecule has 0 amide bonds. The minimum absolute atomic E-state index is 1.06. The van der Waals surface area contributed by atoms with Crippen LogP contribution in [0.4, 0.5) is 0 Å². The Hall–Kier alpha value is -1.63. The van der Waals surface area contributed by atoms with E-state index in [9.17, 15) is 0 Å². The predicted molar refractivity (Wildman–Crippen MR) is 77.0 cm³/mol. The van der Waals surface area contributed by atoms with Crippen molar-refractivity contribution >= 4 is 12.3 Å². The van der Waals surface area contributed by atoms with Gasteiger partial charge in [-0.25, -0.2) is 0 Å². The highest BCUT2D eigenvalue weighted by atomic mass is 14.7. The summed E-state index contributed by atoms with van der Waals surface area (Å²) in [4.78, 5) is 3.94. The molecule has 16 heavy (non-hydrogen) atoms. The molecule has 1 aromatic rings. The van der Waals surface area contributed by atoms with Crippen molar-refractivity contribution in [3.05, 3.63) is 54.8 Å². The van der Waals surface area contributed by atoms with E-state index < -0.39 is 0 Å². The van der Waals surface area contributed by atoms with Crippen LogP contribution in [0.1, 0.15) is 38.8 Å². The molecule has 0 N–H and O–H groups in total. The third-order valence-corrected chi connectivity index (χ3v) is 1.53. The van der Waals surface area contributed by atoms with E-state index >= 15 is 0 Å². The fourth-order valence-corrected chi connectivity index (χ4v) is 0.947.